The van der Waals surface area contributed by atoms with Crippen LogP contribution in [-0.2, 0) is 0 Å². The van der Waals surface area contributed by atoms with E-state index in [9.17, 15) is 0 Å². The van der Waals surface area contributed by atoms with Crippen molar-refractivity contribution in [2.24, 2.45) is 0 Å². The third kappa shape index (κ3) is 3.51. The van der Waals surface area contributed by atoms with Gasteiger partial charge in [-0.3, -0.25) is 4.98 Å². The van der Waals surface area contributed by atoms with E-state index in [1.165, 1.54) is 19.2 Å². The Bertz CT molecular complexity index is 1140. The van der Waals surface area contributed by atoms with Crippen molar-refractivity contribution in [3.05, 3.63) is 72.7 Å². The molecule has 2 N–H and O–H groups in total. The van der Waals surface area contributed by atoms with Gasteiger partial charge in [0.2, 0.25) is 0 Å². The number of pyridine rings is 1. The Morgan fingerprint density at radius 1 is 0.862 bits per heavy atom. The molecule has 0 unspecified atom stereocenters. The maximum atomic E-state index is 6.18. The fraction of sp³-hybridized carbons (Fsp3) is 0.208. The second-order valence-electron chi connectivity index (χ2n) is 7.47. The normalized spacial score (nSPS) is 14.3. The predicted octanol–water partition coefficient (Wildman–Crippen LogP) is 5.72. The lowest BCUT2D eigenvalue weighted by atomic mass is 9.99. The van der Waals surface area contributed by atoms with Crippen molar-refractivity contribution in [3.63, 3.8) is 0 Å². The average molecular weight is 382 g/mol. The summed E-state index contributed by atoms with van der Waals surface area (Å²) in [6, 6.07) is 19.8. The first-order chi connectivity index (χ1) is 14.3. The van der Waals surface area contributed by atoms with E-state index in [1.54, 1.807) is 0 Å². The van der Waals surface area contributed by atoms with Gasteiger partial charge in [-0.25, -0.2) is 9.97 Å². The first kappa shape index (κ1) is 17.6. The Hall–Kier alpha value is -3.47. The zero-order chi connectivity index (χ0) is 19.6. The molecule has 0 aliphatic heterocycles. The topological polar surface area (TPSA) is 73.9 Å². The van der Waals surface area contributed by atoms with Crippen molar-refractivity contribution >= 4 is 16.7 Å². The third-order valence-electron chi connectivity index (χ3n) is 5.55. The molecule has 1 aliphatic rings. The van der Waals surface area contributed by atoms with Gasteiger partial charge in [-0.1, -0.05) is 31.0 Å². The van der Waals surface area contributed by atoms with Crippen molar-refractivity contribution in [1.82, 2.24) is 15.0 Å². The number of hydrogen-bond donors (Lipinski definition) is 1. The second-order valence-corrected chi connectivity index (χ2v) is 7.47. The van der Waals surface area contributed by atoms with E-state index in [2.05, 4.69) is 9.97 Å². The summed E-state index contributed by atoms with van der Waals surface area (Å²) < 4.78 is 5.90. The summed E-state index contributed by atoms with van der Waals surface area (Å²) >= 11 is 0. The molecule has 4 aromatic rings. The molecule has 0 bridgehead atoms. The third-order valence-corrected chi connectivity index (χ3v) is 5.55. The number of hydrogen-bond acceptors (Lipinski definition) is 5. The fourth-order valence-corrected chi connectivity index (χ4v) is 4.06. The van der Waals surface area contributed by atoms with Gasteiger partial charge in [0.15, 0.2) is 0 Å². The molecule has 0 amide bonds. The zero-order valence-corrected chi connectivity index (χ0v) is 16.1. The number of para-hydroxylation sites is 1. The quantitative estimate of drug-likeness (QED) is 0.488. The number of nitrogens with zero attached hydrogens (tertiary/aromatic N) is 3. The Balaban J connectivity index is 1.53. The highest BCUT2D eigenvalue weighted by molar-refractivity contribution is 5.92. The summed E-state index contributed by atoms with van der Waals surface area (Å²) in [5.41, 5.74) is 10.0. The summed E-state index contributed by atoms with van der Waals surface area (Å²) in [6.07, 6.45) is 6.32. The van der Waals surface area contributed by atoms with Gasteiger partial charge < -0.3 is 10.5 Å². The van der Waals surface area contributed by atoms with Gasteiger partial charge in [0.1, 0.15) is 23.6 Å². The van der Waals surface area contributed by atoms with Gasteiger partial charge in [0, 0.05) is 16.9 Å². The van der Waals surface area contributed by atoms with Gasteiger partial charge in [-0.2, -0.15) is 0 Å². The van der Waals surface area contributed by atoms with E-state index in [4.69, 9.17) is 15.5 Å². The van der Waals surface area contributed by atoms with Crippen LogP contribution in [0.15, 0.2) is 67.0 Å². The standard InChI is InChI=1S/C24H22N4O/c25-24-20-14-21(28-22(17-6-4-5-7-17)23(20)26-15-27-24)16-10-12-19(13-11-16)29-18-8-2-1-3-9-18/h1-3,8-15,17H,4-7H2,(H2,25,26,27). The van der Waals surface area contributed by atoms with Crippen LogP contribution in [0.2, 0.25) is 0 Å². The minimum Gasteiger partial charge on any atom is -0.457 e. The van der Waals surface area contributed by atoms with Crippen molar-refractivity contribution in [2.75, 3.05) is 5.73 Å². The SMILES string of the molecule is Nc1ncnc2c(C3CCCC3)nc(-c3ccc(Oc4ccccc4)cc3)cc12. The van der Waals surface area contributed by atoms with E-state index >= 15 is 0 Å². The van der Waals surface area contributed by atoms with Crippen molar-refractivity contribution in [1.29, 1.82) is 0 Å². The smallest absolute Gasteiger partial charge is 0.134 e. The monoisotopic (exact) mass is 382 g/mol. The Kier molecular flexibility index (Phi) is 4.56. The van der Waals surface area contributed by atoms with Crippen molar-refractivity contribution < 1.29 is 4.74 Å². The molecule has 5 nitrogen and oxygen atoms in total. The van der Waals surface area contributed by atoms with Crippen molar-refractivity contribution in [2.45, 2.75) is 31.6 Å². The Morgan fingerprint density at radius 2 is 1.59 bits per heavy atom. The minimum absolute atomic E-state index is 0.437. The molecule has 29 heavy (non-hydrogen) atoms. The highest BCUT2D eigenvalue weighted by Crippen LogP contribution is 2.38. The van der Waals surface area contributed by atoms with Crippen LogP contribution in [0.1, 0.15) is 37.3 Å². The van der Waals surface area contributed by atoms with Gasteiger partial charge in [-0.05, 0) is 55.3 Å². The maximum Gasteiger partial charge on any atom is 0.134 e. The van der Waals surface area contributed by atoms with Gasteiger partial charge >= 0.3 is 0 Å². The molecule has 1 saturated carbocycles. The van der Waals surface area contributed by atoms with E-state index in [1.807, 2.05) is 60.7 Å². The van der Waals surface area contributed by atoms with Crippen LogP contribution in [0.5, 0.6) is 11.5 Å². The average Bonchev–Trinajstić information content (AvgIpc) is 3.30. The highest BCUT2D eigenvalue weighted by Gasteiger charge is 2.23. The van der Waals surface area contributed by atoms with Gasteiger partial charge in [-0.15, -0.1) is 0 Å². The summed E-state index contributed by atoms with van der Waals surface area (Å²) in [4.78, 5) is 13.7. The zero-order valence-electron chi connectivity index (χ0n) is 16.1. The molecular formula is C24H22N4O. The first-order valence-electron chi connectivity index (χ1n) is 10.0. The molecule has 5 heteroatoms. The lowest BCUT2D eigenvalue weighted by Gasteiger charge is -2.14. The maximum absolute atomic E-state index is 6.18. The second kappa shape index (κ2) is 7.51. The number of aromatic nitrogens is 3. The summed E-state index contributed by atoms with van der Waals surface area (Å²) in [5.74, 6) is 2.55. The summed E-state index contributed by atoms with van der Waals surface area (Å²) in [7, 11) is 0. The molecule has 144 valence electrons. The number of nitrogen functional groups attached to an aromatic ring is 1. The molecule has 0 spiro atoms. The molecule has 1 aliphatic carbocycles. The van der Waals surface area contributed by atoms with E-state index in [0.717, 1.165) is 52.2 Å². The minimum atomic E-state index is 0.437. The number of rotatable bonds is 4. The lowest BCUT2D eigenvalue weighted by Crippen LogP contribution is -2.03. The molecular weight excluding hydrogens is 360 g/mol. The van der Waals surface area contributed by atoms with Crippen LogP contribution in [0.3, 0.4) is 0 Å². The number of ether oxygens (including phenoxy) is 1. The van der Waals surface area contributed by atoms with Crippen LogP contribution in [0, 0.1) is 0 Å². The molecule has 0 saturated heterocycles. The largest absolute Gasteiger partial charge is 0.457 e. The van der Waals surface area contributed by atoms with Crippen LogP contribution < -0.4 is 10.5 Å². The Morgan fingerprint density at radius 3 is 2.34 bits per heavy atom. The molecule has 1 fully saturated rings. The van der Waals surface area contributed by atoms with Crippen molar-refractivity contribution in [3.8, 4) is 22.8 Å². The number of nitrogens with two attached hydrogens (primary N) is 1. The fourth-order valence-electron chi connectivity index (χ4n) is 4.06. The first-order valence-corrected chi connectivity index (χ1v) is 10.0. The lowest BCUT2D eigenvalue weighted by molar-refractivity contribution is 0.483. The predicted molar refractivity (Wildman–Crippen MR) is 115 cm³/mol. The van der Waals surface area contributed by atoms with E-state index in [0.29, 0.717) is 11.7 Å². The molecule has 2 aromatic heterocycles. The van der Waals surface area contributed by atoms with E-state index in [-0.39, 0.29) is 0 Å². The van der Waals surface area contributed by atoms with Crippen LogP contribution >= 0.6 is 0 Å². The van der Waals surface area contributed by atoms with Crippen LogP contribution in [-0.4, -0.2) is 15.0 Å². The molecule has 2 heterocycles. The van der Waals surface area contributed by atoms with Crippen LogP contribution in [0.25, 0.3) is 22.2 Å². The van der Waals surface area contributed by atoms with Gasteiger partial charge in [0.25, 0.3) is 0 Å². The number of anilines is 1. The van der Waals surface area contributed by atoms with E-state index < -0.39 is 0 Å². The summed E-state index contributed by atoms with van der Waals surface area (Å²) in [5, 5.41) is 0.879. The van der Waals surface area contributed by atoms with Gasteiger partial charge in [0.05, 0.1) is 16.9 Å². The summed E-state index contributed by atoms with van der Waals surface area (Å²) in [6.45, 7) is 0. The molecule has 5 rings (SSSR count). The Labute approximate surface area is 169 Å². The molecule has 2 aromatic carbocycles. The molecule has 0 atom stereocenters. The number of benzene rings is 2. The highest BCUT2D eigenvalue weighted by atomic mass is 16.5. The molecule has 0 radical (unpaired) electrons. The number of fused-ring (bicyclic) bond motifs is 1. The van der Waals surface area contributed by atoms with Crippen LogP contribution in [0.4, 0.5) is 5.82 Å².